The van der Waals surface area contributed by atoms with Crippen LogP contribution in [0.3, 0.4) is 0 Å². The third kappa shape index (κ3) is 1.54. The number of rotatable bonds is 1. The Morgan fingerprint density at radius 2 is 2.07 bits per heavy atom. The van der Waals surface area contributed by atoms with Crippen molar-refractivity contribution < 1.29 is 0 Å². The number of hydrogen-bond donors (Lipinski definition) is 1. The van der Waals surface area contributed by atoms with Gasteiger partial charge in [0.05, 0.1) is 0 Å². The van der Waals surface area contributed by atoms with Crippen molar-refractivity contribution in [2.24, 2.45) is 0 Å². The van der Waals surface area contributed by atoms with Crippen molar-refractivity contribution in [3.63, 3.8) is 0 Å². The number of aromatic amines is 1. The van der Waals surface area contributed by atoms with Gasteiger partial charge in [0.25, 0.3) is 0 Å². The topological polar surface area (TPSA) is 28.7 Å². The number of nitrogens with zero attached hydrogens (tertiary/aromatic N) is 1. The summed E-state index contributed by atoms with van der Waals surface area (Å²) in [5.41, 5.74) is 2.52. The molecule has 2 aromatic heterocycles. The van der Waals surface area contributed by atoms with Crippen molar-refractivity contribution in [1.82, 2.24) is 9.97 Å². The minimum Gasteiger partial charge on any atom is -0.346 e. The van der Waals surface area contributed by atoms with Crippen molar-refractivity contribution in [3.8, 4) is 0 Å². The summed E-state index contributed by atoms with van der Waals surface area (Å²) in [7, 11) is 0. The van der Waals surface area contributed by atoms with Crippen LogP contribution in [0.5, 0.6) is 0 Å². The van der Waals surface area contributed by atoms with Crippen molar-refractivity contribution in [1.29, 1.82) is 0 Å². The number of aromatic nitrogens is 2. The summed E-state index contributed by atoms with van der Waals surface area (Å²) >= 11 is 0. The lowest BCUT2D eigenvalue weighted by molar-refractivity contribution is 0.445. The van der Waals surface area contributed by atoms with Crippen LogP contribution >= 0.6 is 0 Å². The van der Waals surface area contributed by atoms with E-state index >= 15 is 0 Å². The van der Waals surface area contributed by atoms with Crippen LogP contribution in [0.2, 0.25) is 0 Å². The normalized spacial score (nSPS) is 18.4. The zero-order chi connectivity index (χ0) is 10.1. The molecule has 0 atom stereocenters. The highest BCUT2D eigenvalue weighted by atomic mass is 14.8. The largest absolute Gasteiger partial charge is 0.346 e. The molecule has 1 aliphatic rings. The summed E-state index contributed by atoms with van der Waals surface area (Å²) in [5, 5.41) is 1.32. The van der Waals surface area contributed by atoms with Crippen LogP contribution in [0.15, 0.2) is 24.5 Å². The predicted octanol–water partition coefficient (Wildman–Crippen LogP) is 3.61. The van der Waals surface area contributed by atoms with Gasteiger partial charge in [-0.2, -0.15) is 0 Å². The van der Waals surface area contributed by atoms with Gasteiger partial charge >= 0.3 is 0 Å². The van der Waals surface area contributed by atoms with Gasteiger partial charge in [0.2, 0.25) is 0 Å². The quantitative estimate of drug-likeness (QED) is 0.748. The van der Waals surface area contributed by atoms with E-state index in [1.54, 1.807) is 0 Å². The first-order valence-corrected chi connectivity index (χ1v) is 5.87. The number of pyridine rings is 1. The summed E-state index contributed by atoms with van der Waals surface area (Å²) in [4.78, 5) is 7.62. The molecule has 2 aromatic rings. The van der Waals surface area contributed by atoms with E-state index in [1.165, 1.54) is 43.1 Å². The third-order valence-electron chi connectivity index (χ3n) is 3.53. The van der Waals surface area contributed by atoms with Crippen LogP contribution in [0.1, 0.15) is 43.6 Å². The Hall–Kier alpha value is -1.31. The van der Waals surface area contributed by atoms with Crippen molar-refractivity contribution in [2.45, 2.75) is 38.0 Å². The summed E-state index contributed by atoms with van der Waals surface area (Å²) < 4.78 is 0. The van der Waals surface area contributed by atoms with Crippen molar-refractivity contribution in [3.05, 3.63) is 30.1 Å². The molecule has 2 heteroatoms. The maximum atomic E-state index is 4.34. The van der Waals surface area contributed by atoms with Gasteiger partial charge in [-0.1, -0.05) is 19.3 Å². The fourth-order valence-corrected chi connectivity index (χ4v) is 2.73. The first-order chi connectivity index (χ1) is 7.45. The van der Waals surface area contributed by atoms with Crippen LogP contribution in [0.25, 0.3) is 11.0 Å². The van der Waals surface area contributed by atoms with Gasteiger partial charge in [-0.05, 0) is 36.5 Å². The molecule has 1 aliphatic carbocycles. The Morgan fingerprint density at radius 3 is 2.93 bits per heavy atom. The fraction of sp³-hybridized carbons (Fsp3) is 0.462. The highest BCUT2D eigenvalue weighted by Crippen LogP contribution is 2.35. The fourth-order valence-electron chi connectivity index (χ4n) is 2.73. The van der Waals surface area contributed by atoms with E-state index < -0.39 is 0 Å². The second-order valence-corrected chi connectivity index (χ2v) is 4.48. The SMILES string of the molecule is c1cnc2[nH]cc(C3CCCCC3)c2c1. The Bertz CT molecular complexity index is 452. The number of nitrogens with one attached hydrogen (secondary N) is 1. The standard InChI is InChI=1S/C13H16N2/c1-2-5-10(6-3-1)12-9-15-13-11(12)7-4-8-14-13/h4,7-10H,1-3,5-6H2,(H,14,15). The van der Waals surface area contributed by atoms with E-state index in [9.17, 15) is 0 Å². The predicted molar refractivity (Wildman–Crippen MR) is 61.9 cm³/mol. The molecule has 0 aliphatic heterocycles. The molecule has 0 amide bonds. The smallest absolute Gasteiger partial charge is 0.137 e. The monoisotopic (exact) mass is 200 g/mol. The summed E-state index contributed by atoms with van der Waals surface area (Å²) in [5.74, 6) is 0.761. The average Bonchev–Trinajstić information content (AvgIpc) is 2.74. The molecule has 0 unspecified atom stereocenters. The molecular formula is C13H16N2. The molecule has 0 saturated heterocycles. The van der Waals surface area contributed by atoms with Crippen molar-refractivity contribution >= 4 is 11.0 Å². The van der Waals surface area contributed by atoms with E-state index in [-0.39, 0.29) is 0 Å². The van der Waals surface area contributed by atoms with Gasteiger partial charge in [0, 0.05) is 17.8 Å². The molecule has 2 heterocycles. The molecule has 1 N–H and O–H groups in total. The maximum Gasteiger partial charge on any atom is 0.137 e. The minimum atomic E-state index is 0.761. The molecule has 2 nitrogen and oxygen atoms in total. The van der Waals surface area contributed by atoms with E-state index in [0.717, 1.165) is 11.6 Å². The zero-order valence-electron chi connectivity index (χ0n) is 8.87. The third-order valence-corrected chi connectivity index (χ3v) is 3.53. The summed E-state index contributed by atoms with van der Waals surface area (Å²) in [6.07, 6.45) is 10.9. The van der Waals surface area contributed by atoms with E-state index in [2.05, 4.69) is 22.2 Å². The number of fused-ring (bicyclic) bond motifs is 1. The summed E-state index contributed by atoms with van der Waals surface area (Å²) in [6, 6.07) is 4.21. The lowest BCUT2D eigenvalue weighted by Gasteiger charge is -2.20. The minimum absolute atomic E-state index is 0.761. The molecule has 78 valence electrons. The zero-order valence-corrected chi connectivity index (χ0v) is 8.87. The first-order valence-electron chi connectivity index (χ1n) is 5.87. The molecule has 1 fully saturated rings. The lowest BCUT2D eigenvalue weighted by atomic mass is 9.84. The van der Waals surface area contributed by atoms with Gasteiger partial charge in [0.1, 0.15) is 5.65 Å². The molecule has 0 aromatic carbocycles. The highest BCUT2D eigenvalue weighted by molar-refractivity contribution is 5.80. The molecule has 3 rings (SSSR count). The van der Waals surface area contributed by atoms with Crippen LogP contribution in [0.4, 0.5) is 0 Å². The van der Waals surface area contributed by atoms with Gasteiger partial charge in [-0.25, -0.2) is 4.98 Å². The Kier molecular flexibility index (Phi) is 2.20. The second kappa shape index (κ2) is 3.69. The Balaban J connectivity index is 2.02. The Labute approximate surface area is 89.7 Å². The van der Waals surface area contributed by atoms with Crippen LogP contribution < -0.4 is 0 Å². The second-order valence-electron chi connectivity index (χ2n) is 4.48. The van der Waals surface area contributed by atoms with Gasteiger partial charge in [-0.3, -0.25) is 0 Å². The molecule has 0 spiro atoms. The molecule has 1 saturated carbocycles. The molecule has 0 bridgehead atoms. The Morgan fingerprint density at radius 1 is 1.20 bits per heavy atom. The van der Waals surface area contributed by atoms with E-state index in [4.69, 9.17) is 0 Å². The molecule has 15 heavy (non-hydrogen) atoms. The van der Waals surface area contributed by atoms with E-state index in [1.807, 2.05) is 12.3 Å². The van der Waals surface area contributed by atoms with Gasteiger partial charge < -0.3 is 4.98 Å². The number of H-pyrrole nitrogens is 1. The van der Waals surface area contributed by atoms with Gasteiger partial charge in [-0.15, -0.1) is 0 Å². The average molecular weight is 200 g/mol. The van der Waals surface area contributed by atoms with Crippen LogP contribution in [0, 0.1) is 0 Å². The van der Waals surface area contributed by atoms with E-state index in [0.29, 0.717) is 0 Å². The van der Waals surface area contributed by atoms with Crippen LogP contribution in [-0.4, -0.2) is 9.97 Å². The molecule has 0 radical (unpaired) electrons. The maximum absolute atomic E-state index is 4.34. The summed E-state index contributed by atoms with van der Waals surface area (Å²) in [6.45, 7) is 0. The van der Waals surface area contributed by atoms with Crippen LogP contribution in [-0.2, 0) is 0 Å². The van der Waals surface area contributed by atoms with Crippen molar-refractivity contribution in [2.75, 3.05) is 0 Å². The first kappa shape index (κ1) is 8.96. The molecular weight excluding hydrogens is 184 g/mol. The highest BCUT2D eigenvalue weighted by Gasteiger charge is 2.18. The van der Waals surface area contributed by atoms with Gasteiger partial charge in [0.15, 0.2) is 0 Å². The lowest BCUT2D eigenvalue weighted by Crippen LogP contribution is -2.03. The number of hydrogen-bond acceptors (Lipinski definition) is 1.